The van der Waals surface area contributed by atoms with E-state index in [0.29, 0.717) is 22.8 Å². The van der Waals surface area contributed by atoms with Crippen molar-refractivity contribution >= 4 is 38.9 Å². The zero-order valence-corrected chi connectivity index (χ0v) is 17.1. The zero-order chi connectivity index (χ0) is 20.4. The lowest BCUT2D eigenvalue weighted by molar-refractivity contribution is 0.0985. The molecule has 3 aromatic rings. The number of halogens is 1. The Bertz CT molecular complexity index is 1160. The second-order valence-corrected chi connectivity index (χ2v) is 8.95. The van der Waals surface area contributed by atoms with Crippen LogP contribution < -0.4 is 9.62 Å². The highest BCUT2D eigenvalue weighted by Crippen LogP contribution is 2.31. The van der Waals surface area contributed by atoms with Gasteiger partial charge in [0.15, 0.2) is 0 Å². The van der Waals surface area contributed by atoms with Gasteiger partial charge in [-0.1, -0.05) is 35.9 Å². The molecule has 0 saturated carbocycles. The summed E-state index contributed by atoms with van der Waals surface area (Å²) in [5, 5.41) is 0.355. The van der Waals surface area contributed by atoms with Crippen molar-refractivity contribution in [2.24, 2.45) is 0 Å². The first kappa shape index (κ1) is 19.5. The minimum atomic E-state index is -3.75. The molecule has 4 rings (SSSR count). The van der Waals surface area contributed by atoms with E-state index in [1.807, 2.05) is 18.2 Å². The van der Waals surface area contributed by atoms with Crippen molar-refractivity contribution in [3.8, 4) is 0 Å². The molecule has 7 heteroatoms. The van der Waals surface area contributed by atoms with Crippen molar-refractivity contribution in [1.82, 2.24) is 0 Å². The van der Waals surface area contributed by atoms with E-state index in [2.05, 4.69) is 4.72 Å². The summed E-state index contributed by atoms with van der Waals surface area (Å²) in [6.45, 7) is 0.633. The number of carbonyl (C=O) groups excluding carboxylic acids is 1. The maximum Gasteiger partial charge on any atom is 0.261 e. The first-order chi connectivity index (χ1) is 13.9. The Morgan fingerprint density at radius 1 is 0.966 bits per heavy atom. The number of amides is 1. The number of anilines is 2. The summed E-state index contributed by atoms with van der Waals surface area (Å²) in [5.41, 5.74) is 2.84. The van der Waals surface area contributed by atoms with Crippen molar-refractivity contribution in [2.75, 3.05) is 16.2 Å². The van der Waals surface area contributed by atoms with Gasteiger partial charge < -0.3 is 4.90 Å². The molecule has 1 heterocycles. The number of nitrogens with one attached hydrogen (secondary N) is 1. The highest BCUT2D eigenvalue weighted by Gasteiger charge is 2.24. The van der Waals surface area contributed by atoms with Gasteiger partial charge in [-0.25, -0.2) is 8.42 Å². The quantitative estimate of drug-likeness (QED) is 0.655. The summed E-state index contributed by atoms with van der Waals surface area (Å²) in [7, 11) is -3.75. The largest absolute Gasteiger partial charge is 0.308 e. The zero-order valence-electron chi connectivity index (χ0n) is 15.5. The van der Waals surface area contributed by atoms with E-state index in [1.54, 1.807) is 47.4 Å². The normalized spacial score (nSPS) is 13.6. The lowest BCUT2D eigenvalue weighted by atomic mass is 10.00. The van der Waals surface area contributed by atoms with Crippen molar-refractivity contribution in [2.45, 2.75) is 17.7 Å². The number of aryl methyl sites for hydroxylation is 1. The molecule has 0 aliphatic carbocycles. The van der Waals surface area contributed by atoms with Crippen molar-refractivity contribution in [1.29, 1.82) is 0 Å². The Balaban J connectivity index is 1.61. The van der Waals surface area contributed by atoms with Crippen LogP contribution in [0.2, 0.25) is 5.02 Å². The van der Waals surface area contributed by atoms with Gasteiger partial charge in [-0.05, 0) is 66.9 Å². The number of nitrogens with zero attached hydrogens (tertiary/aromatic N) is 1. The maximum atomic E-state index is 12.9. The van der Waals surface area contributed by atoms with Gasteiger partial charge in [0.1, 0.15) is 0 Å². The molecule has 1 amide bonds. The van der Waals surface area contributed by atoms with E-state index >= 15 is 0 Å². The molecule has 29 heavy (non-hydrogen) atoms. The van der Waals surface area contributed by atoms with Gasteiger partial charge in [0, 0.05) is 28.5 Å². The number of hydrogen-bond acceptors (Lipinski definition) is 3. The SMILES string of the molecule is O=C(c1ccccc1)N1CCCc2cc(NS(=O)(=O)c3cccc(Cl)c3)ccc21. The number of carbonyl (C=O) groups is 1. The highest BCUT2D eigenvalue weighted by atomic mass is 35.5. The summed E-state index contributed by atoms with van der Waals surface area (Å²) in [4.78, 5) is 14.7. The molecule has 1 aliphatic heterocycles. The molecule has 3 aromatic carbocycles. The molecule has 0 atom stereocenters. The van der Waals surface area contributed by atoms with Crippen LogP contribution in [-0.4, -0.2) is 20.9 Å². The van der Waals surface area contributed by atoms with Gasteiger partial charge in [-0.15, -0.1) is 0 Å². The van der Waals surface area contributed by atoms with E-state index in [1.165, 1.54) is 12.1 Å². The average Bonchev–Trinajstić information content (AvgIpc) is 2.73. The van der Waals surface area contributed by atoms with Gasteiger partial charge in [-0.2, -0.15) is 0 Å². The fraction of sp³-hybridized carbons (Fsp3) is 0.136. The number of hydrogen-bond donors (Lipinski definition) is 1. The van der Waals surface area contributed by atoms with Gasteiger partial charge in [0.2, 0.25) is 0 Å². The Morgan fingerprint density at radius 3 is 2.52 bits per heavy atom. The first-order valence-corrected chi connectivity index (χ1v) is 11.1. The molecule has 5 nitrogen and oxygen atoms in total. The van der Waals surface area contributed by atoms with Crippen LogP contribution in [0.3, 0.4) is 0 Å². The Labute approximate surface area is 175 Å². The molecule has 1 aliphatic rings. The predicted molar refractivity (Wildman–Crippen MR) is 115 cm³/mol. The summed E-state index contributed by atoms with van der Waals surface area (Å²) >= 11 is 5.92. The summed E-state index contributed by atoms with van der Waals surface area (Å²) in [6, 6.07) is 20.5. The van der Waals surface area contributed by atoms with E-state index < -0.39 is 10.0 Å². The minimum absolute atomic E-state index is 0.0567. The van der Waals surface area contributed by atoms with Gasteiger partial charge in [0.25, 0.3) is 15.9 Å². The minimum Gasteiger partial charge on any atom is -0.308 e. The van der Waals surface area contributed by atoms with Crippen LogP contribution in [0, 0.1) is 0 Å². The molecular formula is C22H19ClN2O3S. The van der Waals surface area contributed by atoms with Gasteiger partial charge in [0.05, 0.1) is 4.90 Å². The molecular weight excluding hydrogens is 408 g/mol. The van der Waals surface area contributed by atoms with E-state index in [-0.39, 0.29) is 10.8 Å². The monoisotopic (exact) mass is 426 g/mol. The molecule has 0 bridgehead atoms. The topological polar surface area (TPSA) is 66.5 Å². The third-order valence-electron chi connectivity index (χ3n) is 4.82. The molecule has 0 saturated heterocycles. The van der Waals surface area contributed by atoms with Crippen LogP contribution in [0.5, 0.6) is 0 Å². The molecule has 148 valence electrons. The van der Waals surface area contributed by atoms with Crippen LogP contribution in [-0.2, 0) is 16.4 Å². The van der Waals surface area contributed by atoms with E-state index in [0.717, 1.165) is 24.1 Å². The fourth-order valence-electron chi connectivity index (χ4n) is 3.46. The number of benzene rings is 3. The second kappa shape index (κ2) is 7.89. The molecule has 1 N–H and O–H groups in total. The van der Waals surface area contributed by atoms with Crippen molar-refractivity contribution in [3.05, 3.63) is 88.9 Å². The fourth-order valence-corrected chi connectivity index (χ4v) is 4.81. The molecule has 0 spiro atoms. The average molecular weight is 427 g/mol. The molecule has 0 radical (unpaired) electrons. The third-order valence-corrected chi connectivity index (χ3v) is 6.44. The standard InChI is InChI=1S/C22H19ClN2O3S/c23-18-9-4-10-20(15-18)29(27,28)24-19-11-12-21-17(14-19)8-5-13-25(21)22(26)16-6-2-1-3-7-16/h1-4,6-7,9-12,14-15,24H,5,8,13H2. The summed E-state index contributed by atoms with van der Waals surface area (Å²) < 4.78 is 27.9. The summed E-state index contributed by atoms with van der Waals surface area (Å²) in [5.74, 6) is -0.0567. The van der Waals surface area contributed by atoms with Gasteiger partial charge in [-0.3, -0.25) is 9.52 Å². The Morgan fingerprint density at radius 2 is 1.76 bits per heavy atom. The number of fused-ring (bicyclic) bond motifs is 1. The van der Waals surface area contributed by atoms with Crippen molar-refractivity contribution in [3.63, 3.8) is 0 Å². The lowest BCUT2D eigenvalue weighted by Gasteiger charge is -2.30. The highest BCUT2D eigenvalue weighted by molar-refractivity contribution is 7.92. The molecule has 0 fully saturated rings. The molecule has 0 aromatic heterocycles. The number of sulfonamides is 1. The van der Waals surface area contributed by atoms with Crippen molar-refractivity contribution < 1.29 is 13.2 Å². The third kappa shape index (κ3) is 4.13. The first-order valence-electron chi connectivity index (χ1n) is 9.22. The smallest absolute Gasteiger partial charge is 0.261 e. The lowest BCUT2D eigenvalue weighted by Crippen LogP contribution is -2.35. The van der Waals surface area contributed by atoms with Crippen LogP contribution in [0.25, 0.3) is 0 Å². The summed E-state index contributed by atoms with van der Waals surface area (Å²) in [6.07, 6.45) is 1.59. The van der Waals surface area contributed by atoms with Crippen LogP contribution in [0.1, 0.15) is 22.3 Å². The van der Waals surface area contributed by atoms with E-state index in [9.17, 15) is 13.2 Å². The number of rotatable bonds is 4. The maximum absolute atomic E-state index is 12.9. The van der Waals surface area contributed by atoms with Crippen LogP contribution >= 0.6 is 11.6 Å². The Hall–Kier alpha value is -2.83. The van der Waals surface area contributed by atoms with Crippen LogP contribution in [0.4, 0.5) is 11.4 Å². The van der Waals surface area contributed by atoms with Crippen LogP contribution in [0.15, 0.2) is 77.7 Å². The predicted octanol–water partition coefficient (Wildman–Crippen LogP) is 4.73. The van der Waals surface area contributed by atoms with E-state index in [4.69, 9.17) is 11.6 Å². The Kier molecular flexibility index (Phi) is 5.30. The molecule has 0 unspecified atom stereocenters. The second-order valence-electron chi connectivity index (χ2n) is 6.83. The van der Waals surface area contributed by atoms with Gasteiger partial charge >= 0.3 is 0 Å².